The first-order valence-corrected chi connectivity index (χ1v) is 6.41. The molecule has 0 aliphatic heterocycles. The van der Waals surface area contributed by atoms with E-state index >= 15 is 0 Å². The summed E-state index contributed by atoms with van der Waals surface area (Å²) in [5.41, 5.74) is 8.69. The first-order chi connectivity index (χ1) is 7.65. The quantitative estimate of drug-likeness (QED) is 0.878. The van der Waals surface area contributed by atoms with Gasteiger partial charge in [-0.3, -0.25) is 0 Å². The van der Waals surface area contributed by atoms with Crippen LogP contribution in [0.2, 0.25) is 4.34 Å². The lowest BCUT2D eigenvalue weighted by Crippen LogP contribution is -2.11. The third-order valence-electron chi connectivity index (χ3n) is 2.50. The van der Waals surface area contributed by atoms with Crippen molar-refractivity contribution in [3.8, 4) is 0 Å². The first-order valence-electron chi connectivity index (χ1n) is 5.21. The Kier molecular flexibility index (Phi) is 3.64. The van der Waals surface area contributed by atoms with E-state index in [1.54, 1.807) is 11.3 Å². The molecule has 1 atom stereocenters. The lowest BCUT2D eigenvalue weighted by molar-refractivity contribution is 0.736. The van der Waals surface area contributed by atoms with E-state index in [-0.39, 0.29) is 6.04 Å². The van der Waals surface area contributed by atoms with Gasteiger partial charge in [0, 0.05) is 10.9 Å². The van der Waals surface area contributed by atoms with E-state index in [4.69, 9.17) is 17.3 Å². The molecule has 1 aromatic carbocycles. The Morgan fingerprint density at radius 3 is 2.75 bits per heavy atom. The molecule has 2 N–H and O–H groups in total. The Morgan fingerprint density at radius 2 is 2.12 bits per heavy atom. The van der Waals surface area contributed by atoms with Gasteiger partial charge >= 0.3 is 0 Å². The Morgan fingerprint density at radius 1 is 1.31 bits per heavy atom. The molecule has 0 saturated carbocycles. The summed E-state index contributed by atoms with van der Waals surface area (Å²) < 4.78 is 0.801. The van der Waals surface area contributed by atoms with Crippen LogP contribution in [-0.2, 0) is 6.42 Å². The van der Waals surface area contributed by atoms with Gasteiger partial charge in [0.2, 0.25) is 0 Å². The zero-order valence-corrected chi connectivity index (χ0v) is 10.7. The van der Waals surface area contributed by atoms with Gasteiger partial charge in [-0.25, -0.2) is 0 Å². The summed E-state index contributed by atoms with van der Waals surface area (Å²) in [4.78, 5) is 1.14. The average molecular weight is 252 g/mol. The summed E-state index contributed by atoms with van der Waals surface area (Å²) in [6, 6.07) is 12.4. The predicted molar refractivity (Wildman–Crippen MR) is 71.1 cm³/mol. The van der Waals surface area contributed by atoms with Crippen molar-refractivity contribution in [2.75, 3.05) is 0 Å². The Balaban J connectivity index is 2.10. The summed E-state index contributed by atoms with van der Waals surface area (Å²) in [5, 5.41) is 0. The number of halogens is 1. The van der Waals surface area contributed by atoms with Crippen molar-refractivity contribution in [1.82, 2.24) is 0 Å². The molecule has 0 bridgehead atoms. The number of benzene rings is 1. The fourth-order valence-corrected chi connectivity index (χ4v) is 2.78. The molecule has 2 aromatic rings. The van der Waals surface area contributed by atoms with E-state index in [1.165, 1.54) is 11.1 Å². The van der Waals surface area contributed by atoms with E-state index in [9.17, 15) is 0 Å². The van der Waals surface area contributed by atoms with Crippen molar-refractivity contribution < 1.29 is 0 Å². The molecule has 0 amide bonds. The molecule has 1 nitrogen and oxygen atoms in total. The van der Waals surface area contributed by atoms with Gasteiger partial charge in [-0.05, 0) is 31.0 Å². The molecule has 1 unspecified atom stereocenters. The van der Waals surface area contributed by atoms with Crippen LogP contribution in [0.5, 0.6) is 0 Å². The normalized spacial score (nSPS) is 12.7. The number of nitrogens with two attached hydrogens (primary N) is 1. The predicted octanol–water partition coefficient (Wildman–Crippen LogP) is 3.95. The van der Waals surface area contributed by atoms with Crippen molar-refractivity contribution in [3.63, 3.8) is 0 Å². The highest BCUT2D eigenvalue weighted by Gasteiger charge is 2.09. The van der Waals surface area contributed by atoms with Gasteiger partial charge in [0.15, 0.2) is 0 Å². The highest BCUT2D eigenvalue weighted by atomic mass is 35.5. The van der Waals surface area contributed by atoms with E-state index in [0.29, 0.717) is 0 Å². The second-order valence-electron chi connectivity index (χ2n) is 3.94. The third kappa shape index (κ3) is 2.85. The molecule has 0 aliphatic carbocycles. The average Bonchev–Trinajstić information content (AvgIpc) is 2.65. The molecule has 16 heavy (non-hydrogen) atoms. The highest BCUT2D eigenvalue weighted by Crippen LogP contribution is 2.27. The Bertz CT molecular complexity index is 478. The molecule has 0 radical (unpaired) electrons. The maximum atomic E-state index is 6.14. The van der Waals surface area contributed by atoms with Crippen LogP contribution in [0.15, 0.2) is 36.4 Å². The van der Waals surface area contributed by atoms with E-state index in [1.807, 2.05) is 12.1 Å². The van der Waals surface area contributed by atoms with Crippen LogP contribution in [0.25, 0.3) is 0 Å². The van der Waals surface area contributed by atoms with Crippen molar-refractivity contribution in [2.24, 2.45) is 5.73 Å². The van der Waals surface area contributed by atoms with Crippen LogP contribution >= 0.6 is 22.9 Å². The lowest BCUT2D eigenvalue weighted by Gasteiger charge is -2.09. The zero-order chi connectivity index (χ0) is 11.5. The SMILES string of the molecule is Cc1cccc(CC(N)c2ccc(Cl)s2)c1. The van der Waals surface area contributed by atoms with E-state index in [0.717, 1.165) is 15.6 Å². The maximum Gasteiger partial charge on any atom is 0.0931 e. The summed E-state index contributed by atoms with van der Waals surface area (Å²) in [6.07, 6.45) is 0.860. The second kappa shape index (κ2) is 5.00. The minimum Gasteiger partial charge on any atom is -0.323 e. The molecular formula is C13H14ClNS. The van der Waals surface area contributed by atoms with Crippen LogP contribution in [0.4, 0.5) is 0 Å². The van der Waals surface area contributed by atoms with Crippen molar-refractivity contribution >= 4 is 22.9 Å². The molecule has 1 aromatic heterocycles. The van der Waals surface area contributed by atoms with Crippen LogP contribution in [0.1, 0.15) is 22.0 Å². The number of aryl methyl sites for hydroxylation is 1. The molecule has 0 fully saturated rings. The van der Waals surface area contributed by atoms with Gasteiger partial charge in [-0.2, -0.15) is 0 Å². The number of thiophene rings is 1. The number of hydrogen-bond donors (Lipinski definition) is 1. The molecule has 0 aliphatic rings. The highest BCUT2D eigenvalue weighted by molar-refractivity contribution is 7.16. The number of hydrogen-bond acceptors (Lipinski definition) is 2. The summed E-state index contributed by atoms with van der Waals surface area (Å²) in [7, 11) is 0. The minimum atomic E-state index is 0.0410. The van der Waals surface area contributed by atoms with Gasteiger partial charge in [-0.1, -0.05) is 41.4 Å². The Labute approximate surface area is 105 Å². The fourth-order valence-electron chi connectivity index (χ4n) is 1.72. The topological polar surface area (TPSA) is 26.0 Å². The second-order valence-corrected chi connectivity index (χ2v) is 5.69. The zero-order valence-electron chi connectivity index (χ0n) is 9.11. The summed E-state index contributed by atoms with van der Waals surface area (Å²) in [5.74, 6) is 0. The lowest BCUT2D eigenvalue weighted by atomic mass is 10.0. The Hall–Kier alpha value is -0.830. The van der Waals surface area contributed by atoms with Gasteiger partial charge in [-0.15, -0.1) is 11.3 Å². The van der Waals surface area contributed by atoms with Gasteiger partial charge in [0.25, 0.3) is 0 Å². The van der Waals surface area contributed by atoms with Crippen molar-refractivity contribution in [1.29, 1.82) is 0 Å². The van der Waals surface area contributed by atoms with Gasteiger partial charge < -0.3 is 5.73 Å². The monoisotopic (exact) mass is 251 g/mol. The summed E-state index contributed by atoms with van der Waals surface area (Å²) in [6.45, 7) is 2.09. The minimum absolute atomic E-state index is 0.0410. The standard InChI is InChI=1S/C13H14ClNS/c1-9-3-2-4-10(7-9)8-11(15)12-5-6-13(14)16-12/h2-7,11H,8,15H2,1H3. The van der Waals surface area contributed by atoms with Crippen molar-refractivity contribution in [3.05, 3.63) is 56.7 Å². The fraction of sp³-hybridized carbons (Fsp3) is 0.231. The molecule has 1 heterocycles. The smallest absolute Gasteiger partial charge is 0.0931 e. The molecule has 84 valence electrons. The molecule has 3 heteroatoms. The summed E-state index contributed by atoms with van der Waals surface area (Å²) >= 11 is 7.46. The molecule has 0 spiro atoms. The van der Waals surface area contributed by atoms with E-state index in [2.05, 4.69) is 31.2 Å². The van der Waals surface area contributed by atoms with Crippen molar-refractivity contribution in [2.45, 2.75) is 19.4 Å². The van der Waals surface area contributed by atoms with Crippen LogP contribution in [0.3, 0.4) is 0 Å². The van der Waals surface area contributed by atoms with Gasteiger partial charge in [0.05, 0.1) is 4.34 Å². The molecular weight excluding hydrogens is 238 g/mol. The molecule has 0 saturated heterocycles. The third-order valence-corrected chi connectivity index (χ3v) is 3.86. The van der Waals surface area contributed by atoms with Gasteiger partial charge in [0.1, 0.15) is 0 Å². The first kappa shape index (κ1) is 11.6. The van der Waals surface area contributed by atoms with E-state index < -0.39 is 0 Å². The largest absolute Gasteiger partial charge is 0.323 e. The maximum absolute atomic E-state index is 6.14. The number of rotatable bonds is 3. The van der Waals surface area contributed by atoms with Crippen LogP contribution in [0, 0.1) is 6.92 Å². The molecule has 2 rings (SSSR count). The van der Waals surface area contributed by atoms with Crippen LogP contribution < -0.4 is 5.73 Å². The van der Waals surface area contributed by atoms with Crippen LogP contribution in [-0.4, -0.2) is 0 Å².